The molecule has 2 aromatic heterocycles. The summed E-state index contributed by atoms with van der Waals surface area (Å²) < 4.78 is 5.40. The molecule has 1 amide bonds. The highest BCUT2D eigenvalue weighted by molar-refractivity contribution is 5.94. The zero-order valence-electron chi connectivity index (χ0n) is 13.9. The first-order valence-corrected chi connectivity index (χ1v) is 8.54. The van der Waals surface area contributed by atoms with Crippen LogP contribution in [0.1, 0.15) is 72.1 Å². The number of H-pyrrole nitrogens is 1. The Morgan fingerprint density at radius 2 is 2.21 bits per heavy atom. The number of aromatic nitrogens is 4. The smallest absolute Gasteiger partial charge is 0.272 e. The molecule has 1 atom stereocenters. The summed E-state index contributed by atoms with van der Waals surface area (Å²) in [6.07, 6.45) is 3.09. The summed E-state index contributed by atoms with van der Waals surface area (Å²) >= 11 is 0. The third-order valence-corrected chi connectivity index (χ3v) is 4.64. The van der Waals surface area contributed by atoms with Gasteiger partial charge in [-0.05, 0) is 18.8 Å². The first-order chi connectivity index (χ1) is 11.6. The Morgan fingerprint density at radius 1 is 1.38 bits per heavy atom. The van der Waals surface area contributed by atoms with Gasteiger partial charge >= 0.3 is 0 Å². The van der Waals surface area contributed by atoms with Gasteiger partial charge in [0, 0.05) is 36.7 Å². The predicted molar refractivity (Wildman–Crippen MR) is 85.3 cm³/mol. The minimum Gasteiger partial charge on any atom is -0.339 e. The van der Waals surface area contributed by atoms with Crippen LogP contribution in [0.15, 0.2) is 4.52 Å². The van der Waals surface area contributed by atoms with Gasteiger partial charge in [0.25, 0.3) is 5.91 Å². The fourth-order valence-electron chi connectivity index (χ4n) is 3.02. The lowest BCUT2D eigenvalue weighted by molar-refractivity contribution is 0.0907. The molecule has 0 aromatic carbocycles. The van der Waals surface area contributed by atoms with E-state index in [0.29, 0.717) is 24.0 Å². The van der Waals surface area contributed by atoms with Gasteiger partial charge in [-0.15, -0.1) is 0 Å². The van der Waals surface area contributed by atoms with E-state index in [-0.39, 0.29) is 17.9 Å². The first-order valence-electron chi connectivity index (χ1n) is 8.54. The van der Waals surface area contributed by atoms with Gasteiger partial charge in [0.2, 0.25) is 5.89 Å². The lowest BCUT2D eigenvalue weighted by Gasteiger charge is -2.19. The zero-order valence-corrected chi connectivity index (χ0v) is 13.9. The zero-order chi connectivity index (χ0) is 16.7. The van der Waals surface area contributed by atoms with Crippen LogP contribution >= 0.6 is 0 Å². The topological polar surface area (TPSA) is 109 Å². The second-order valence-corrected chi connectivity index (χ2v) is 6.92. The van der Waals surface area contributed by atoms with Crippen LogP contribution < -0.4 is 10.6 Å². The molecule has 1 fully saturated rings. The number of rotatable bonds is 5. The molecule has 2 aromatic rings. The van der Waals surface area contributed by atoms with E-state index in [9.17, 15) is 4.79 Å². The van der Waals surface area contributed by atoms with E-state index in [1.54, 1.807) is 0 Å². The molecule has 0 spiro atoms. The number of carbonyl (C=O) groups is 1. The Bertz CT molecular complexity index is 746. The van der Waals surface area contributed by atoms with E-state index >= 15 is 0 Å². The third kappa shape index (κ3) is 2.82. The van der Waals surface area contributed by atoms with Crippen LogP contribution in [0.3, 0.4) is 0 Å². The summed E-state index contributed by atoms with van der Waals surface area (Å²) in [7, 11) is 0. The molecule has 1 saturated carbocycles. The Kier molecular flexibility index (Phi) is 3.84. The van der Waals surface area contributed by atoms with Gasteiger partial charge in [0.1, 0.15) is 6.04 Å². The molecule has 24 heavy (non-hydrogen) atoms. The Labute approximate surface area is 139 Å². The molecule has 8 nitrogen and oxygen atoms in total. The van der Waals surface area contributed by atoms with Gasteiger partial charge in [-0.3, -0.25) is 9.89 Å². The van der Waals surface area contributed by atoms with Crippen LogP contribution in [-0.2, 0) is 13.0 Å². The monoisotopic (exact) mass is 330 g/mol. The highest BCUT2D eigenvalue weighted by Gasteiger charge is 2.32. The van der Waals surface area contributed by atoms with Crippen molar-refractivity contribution in [3.8, 4) is 0 Å². The van der Waals surface area contributed by atoms with Gasteiger partial charge in [0.15, 0.2) is 11.5 Å². The Morgan fingerprint density at radius 3 is 2.96 bits per heavy atom. The van der Waals surface area contributed by atoms with Crippen molar-refractivity contribution in [1.29, 1.82) is 0 Å². The summed E-state index contributed by atoms with van der Waals surface area (Å²) in [6.45, 7) is 5.60. The number of nitrogens with one attached hydrogen (secondary N) is 3. The molecule has 3 N–H and O–H groups in total. The minimum atomic E-state index is -0.318. The standard InChI is InChI=1S/C16H22N6O2/c1-8(2)12(16-19-14(22-24-16)9-3-4-9)18-15(23)13-10-7-17-6-5-11(10)20-21-13/h8-9,12,17H,3-7H2,1-2H3,(H,18,23)(H,20,21). The van der Waals surface area contributed by atoms with E-state index in [1.807, 2.05) is 13.8 Å². The van der Waals surface area contributed by atoms with Crippen LogP contribution in [0, 0.1) is 5.92 Å². The fourth-order valence-corrected chi connectivity index (χ4v) is 3.02. The van der Waals surface area contributed by atoms with E-state index in [1.165, 1.54) is 0 Å². The number of fused-ring (bicyclic) bond motifs is 1. The molecular weight excluding hydrogens is 308 g/mol. The van der Waals surface area contributed by atoms with Crippen molar-refractivity contribution >= 4 is 5.91 Å². The van der Waals surface area contributed by atoms with E-state index in [2.05, 4.69) is 31.0 Å². The van der Waals surface area contributed by atoms with Gasteiger partial charge in [0.05, 0.1) is 0 Å². The highest BCUT2D eigenvalue weighted by Crippen LogP contribution is 2.38. The van der Waals surface area contributed by atoms with E-state index < -0.39 is 0 Å². The highest BCUT2D eigenvalue weighted by atomic mass is 16.5. The maximum absolute atomic E-state index is 12.7. The number of amides is 1. The van der Waals surface area contributed by atoms with Crippen molar-refractivity contribution in [1.82, 2.24) is 31.0 Å². The quantitative estimate of drug-likeness (QED) is 0.765. The van der Waals surface area contributed by atoms with Gasteiger partial charge in [-0.2, -0.15) is 10.1 Å². The lowest BCUT2D eigenvalue weighted by atomic mass is 10.0. The molecule has 0 radical (unpaired) electrons. The summed E-state index contributed by atoms with van der Waals surface area (Å²) in [5.74, 6) is 1.58. The molecule has 3 heterocycles. The number of carbonyl (C=O) groups excluding carboxylic acids is 1. The molecule has 1 aliphatic carbocycles. The van der Waals surface area contributed by atoms with E-state index in [4.69, 9.17) is 4.52 Å². The van der Waals surface area contributed by atoms with E-state index in [0.717, 1.165) is 42.9 Å². The number of hydrogen-bond donors (Lipinski definition) is 3. The molecule has 2 aliphatic rings. The lowest BCUT2D eigenvalue weighted by Crippen LogP contribution is -2.33. The average Bonchev–Trinajstić information content (AvgIpc) is 3.16. The maximum atomic E-state index is 12.7. The van der Waals surface area contributed by atoms with Crippen LogP contribution in [0.4, 0.5) is 0 Å². The summed E-state index contributed by atoms with van der Waals surface area (Å²) in [6, 6.07) is -0.318. The second kappa shape index (κ2) is 6.01. The van der Waals surface area contributed by atoms with Crippen molar-refractivity contribution in [2.24, 2.45) is 5.92 Å². The molecular formula is C16H22N6O2. The van der Waals surface area contributed by atoms with Gasteiger partial charge < -0.3 is 15.2 Å². The second-order valence-electron chi connectivity index (χ2n) is 6.92. The van der Waals surface area contributed by atoms with Crippen molar-refractivity contribution in [3.05, 3.63) is 28.7 Å². The molecule has 0 bridgehead atoms. The molecule has 0 saturated heterocycles. The SMILES string of the molecule is CC(C)C(NC(=O)c1n[nH]c2c1CNCC2)c1nc(C2CC2)no1. The van der Waals surface area contributed by atoms with Crippen LogP contribution in [0.25, 0.3) is 0 Å². The first kappa shape index (κ1) is 15.3. The summed E-state index contributed by atoms with van der Waals surface area (Å²) in [4.78, 5) is 17.2. The van der Waals surface area contributed by atoms with Gasteiger partial charge in [-0.25, -0.2) is 0 Å². The van der Waals surface area contributed by atoms with Crippen molar-refractivity contribution < 1.29 is 9.32 Å². The Balaban J connectivity index is 1.54. The number of aromatic amines is 1. The van der Waals surface area contributed by atoms with Crippen molar-refractivity contribution in [2.45, 2.75) is 51.6 Å². The number of nitrogens with zero attached hydrogens (tertiary/aromatic N) is 3. The van der Waals surface area contributed by atoms with Crippen LogP contribution in [-0.4, -0.2) is 32.8 Å². The predicted octanol–water partition coefficient (Wildman–Crippen LogP) is 1.44. The van der Waals surface area contributed by atoms with Crippen molar-refractivity contribution in [3.63, 3.8) is 0 Å². The summed E-state index contributed by atoms with van der Waals surface area (Å²) in [5, 5.41) is 17.5. The molecule has 1 aliphatic heterocycles. The third-order valence-electron chi connectivity index (χ3n) is 4.64. The molecule has 8 heteroatoms. The average molecular weight is 330 g/mol. The normalized spacial score (nSPS) is 18.5. The van der Waals surface area contributed by atoms with Crippen molar-refractivity contribution in [2.75, 3.05) is 6.54 Å². The fraction of sp³-hybridized carbons (Fsp3) is 0.625. The molecule has 4 rings (SSSR count). The summed E-state index contributed by atoms with van der Waals surface area (Å²) in [5.41, 5.74) is 2.43. The largest absolute Gasteiger partial charge is 0.339 e. The maximum Gasteiger partial charge on any atom is 0.272 e. The molecule has 128 valence electrons. The van der Waals surface area contributed by atoms with Crippen LogP contribution in [0.5, 0.6) is 0 Å². The van der Waals surface area contributed by atoms with Gasteiger partial charge in [-0.1, -0.05) is 19.0 Å². The van der Waals surface area contributed by atoms with Crippen LogP contribution in [0.2, 0.25) is 0 Å². The molecule has 1 unspecified atom stereocenters. The number of hydrogen-bond acceptors (Lipinski definition) is 6. The Hall–Kier alpha value is -2.22. The minimum absolute atomic E-state index is 0.134.